The van der Waals surface area contributed by atoms with Crippen LogP contribution >= 0.6 is 0 Å². The number of hydrogen-bond donors (Lipinski definition) is 1. The highest BCUT2D eigenvalue weighted by Gasteiger charge is 2.15. The van der Waals surface area contributed by atoms with E-state index in [1.54, 1.807) is 11.1 Å². The van der Waals surface area contributed by atoms with Crippen molar-refractivity contribution in [2.45, 2.75) is 13.1 Å². The van der Waals surface area contributed by atoms with Gasteiger partial charge in [-0.25, -0.2) is 0 Å². The number of aliphatic hydroxyl groups is 1. The van der Waals surface area contributed by atoms with Crippen molar-refractivity contribution in [1.82, 2.24) is 14.7 Å². The average Bonchev–Trinajstić information content (AvgIpc) is 3.15. The molecular weight excluding hydrogens is 314 g/mol. The predicted molar refractivity (Wildman–Crippen MR) is 96.0 cm³/mol. The van der Waals surface area contributed by atoms with Gasteiger partial charge < -0.3 is 10.0 Å². The molecule has 0 saturated heterocycles. The number of hydrogen-bond acceptors (Lipinski definition) is 3. The van der Waals surface area contributed by atoms with E-state index in [1.165, 1.54) is 0 Å². The molecular formula is C20H21N3O2. The zero-order valence-corrected chi connectivity index (χ0v) is 14.0. The quantitative estimate of drug-likeness (QED) is 0.722. The van der Waals surface area contributed by atoms with E-state index < -0.39 is 0 Å². The molecule has 3 aromatic rings. The summed E-state index contributed by atoms with van der Waals surface area (Å²) in [5.74, 6) is -0.0801. The van der Waals surface area contributed by atoms with Crippen molar-refractivity contribution in [3.63, 3.8) is 0 Å². The van der Waals surface area contributed by atoms with Crippen molar-refractivity contribution >= 4 is 5.91 Å². The minimum Gasteiger partial charge on any atom is -0.395 e. The number of aromatic nitrogens is 2. The first-order chi connectivity index (χ1) is 12.3. The number of nitrogens with zero attached hydrogens (tertiary/aromatic N) is 3. The molecule has 5 heteroatoms. The molecule has 0 spiro atoms. The molecule has 128 valence electrons. The summed E-state index contributed by atoms with van der Waals surface area (Å²) < 4.78 is 1.84. The minimum absolute atomic E-state index is 0.0596. The van der Waals surface area contributed by atoms with Gasteiger partial charge in [0.2, 0.25) is 0 Å². The molecule has 1 aromatic heterocycles. The number of aliphatic hydroxyl groups excluding tert-OH is 1. The molecule has 0 aliphatic heterocycles. The maximum absolute atomic E-state index is 12.8. The summed E-state index contributed by atoms with van der Waals surface area (Å²) >= 11 is 0. The molecule has 1 amide bonds. The Hall–Kier alpha value is -2.92. The van der Waals surface area contributed by atoms with E-state index in [4.69, 9.17) is 0 Å². The molecule has 25 heavy (non-hydrogen) atoms. The molecule has 1 N–H and O–H groups in total. The Morgan fingerprint density at radius 2 is 1.76 bits per heavy atom. The lowest BCUT2D eigenvalue weighted by atomic mass is 10.1. The number of carbonyl (C=O) groups excluding carboxylic acids is 1. The molecule has 0 fully saturated rings. The molecule has 0 aliphatic rings. The highest BCUT2D eigenvalue weighted by molar-refractivity contribution is 5.94. The van der Waals surface area contributed by atoms with Crippen LogP contribution in [0.4, 0.5) is 0 Å². The summed E-state index contributed by atoms with van der Waals surface area (Å²) in [6.07, 6.45) is 3.65. The second kappa shape index (κ2) is 8.26. The van der Waals surface area contributed by atoms with Crippen molar-refractivity contribution in [2.75, 3.05) is 13.2 Å². The summed E-state index contributed by atoms with van der Waals surface area (Å²) in [7, 11) is 0. The first-order valence-electron chi connectivity index (χ1n) is 8.26. The van der Waals surface area contributed by atoms with Crippen LogP contribution < -0.4 is 0 Å². The number of carbonyl (C=O) groups is 1. The Morgan fingerprint density at radius 1 is 1.00 bits per heavy atom. The SMILES string of the molecule is O=C(c1ccc(Cn2cccn2)cc1)N(CCO)Cc1ccccc1. The van der Waals surface area contributed by atoms with Crippen LogP contribution in [-0.2, 0) is 13.1 Å². The van der Waals surface area contributed by atoms with Crippen LogP contribution in [0.1, 0.15) is 21.5 Å². The molecule has 0 bridgehead atoms. The molecule has 1 heterocycles. The zero-order chi connectivity index (χ0) is 17.5. The van der Waals surface area contributed by atoms with Gasteiger partial charge >= 0.3 is 0 Å². The van der Waals surface area contributed by atoms with Gasteiger partial charge in [-0.1, -0.05) is 42.5 Å². The summed E-state index contributed by atoms with van der Waals surface area (Å²) in [6, 6.07) is 19.2. The molecule has 5 nitrogen and oxygen atoms in total. The molecule has 0 saturated carbocycles. The lowest BCUT2D eigenvalue weighted by molar-refractivity contribution is 0.0708. The van der Waals surface area contributed by atoms with Crippen LogP contribution in [0.15, 0.2) is 73.1 Å². The van der Waals surface area contributed by atoms with Gasteiger partial charge in [0.15, 0.2) is 0 Å². The van der Waals surface area contributed by atoms with Crippen LogP contribution in [0.5, 0.6) is 0 Å². The molecule has 3 rings (SSSR count). The number of amides is 1. The van der Waals surface area contributed by atoms with Gasteiger partial charge in [0.05, 0.1) is 13.2 Å². The monoisotopic (exact) mass is 335 g/mol. The third-order valence-corrected chi connectivity index (χ3v) is 3.98. The van der Waals surface area contributed by atoms with Crippen LogP contribution in [0.3, 0.4) is 0 Å². The van der Waals surface area contributed by atoms with E-state index in [1.807, 2.05) is 71.5 Å². The Morgan fingerprint density at radius 3 is 2.40 bits per heavy atom. The van der Waals surface area contributed by atoms with Gasteiger partial charge in [0.25, 0.3) is 5.91 Å². The van der Waals surface area contributed by atoms with E-state index in [9.17, 15) is 9.90 Å². The van der Waals surface area contributed by atoms with Crippen LogP contribution in [0.25, 0.3) is 0 Å². The summed E-state index contributed by atoms with van der Waals surface area (Å²) in [5, 5.41) is 13.5. The second-order valence-corrected chi connectivity index (χ2v) is 5.84. The second-order valence-electron chi connectivity index (χ2n) is 5.84. The summed E-state index contributed by atoms with van der Waals surface area (Å²) in [5.41, 5.74) is 2.74. The molecule has 0 aliphatic carbocycles. The van der Waals surface area contributed by atoms with E-state index in [2.05, 4.69) is 5.10 Å². The fourth-order valence-electron chi connectivity index (χ4n) is 2.69. The third kappa shape index (κ3) is 4.55. The van der Waals surface area contributed by atoms with Crippen molar-refractivity contribution in [3.8, 4) is 0 Å². The first-order valence-corrected chi connectivity index (χ1v) is 8.26. The smallest absolute Gasteiger partial charge is 0.254 e. The average molecular weight is 335 g/mol. The predicted octanol–water partition coefficient (Wildman–Crippen LogP) is 2.57. The van der Waals surface area contributed by atoms with Crippen molar-refractivity contribution < 1.29 is 9.90 Å². The van der Waals surface area contributed by atoms with Gasteiger partial charge in [-0.15, -0.1) is 0 Å². The third-order valence-electron chi connectivity index (χ3n) is 3.98. The molecule has 0 radical (unpaired) electrons. The van der Waals surface area contributed by atoms with E-state index in [0.717, 1.165) is 11.1 Å². The summed E-state index contributed by atoms with van der Waals surface area (Å²) in [6.45, 7) is 1.40. The van der Waals surface area contributed by atoms with Gasteiger partial charge in [0.1, 0.15) is 0 Å². The number of benzene rings is 2. The zero-order valence-electron chi connectivity index (χ0n) is 14.0. The van der Waals surface area contributed by atoms with E-state index in [0.29, 0.717) is 25.2 Å². The van der Waals surface area contributed by atoms with Crippen molar-refractivity contribution in [1.29, 1.82) is 0 Å². The van der Waals surface area contributed by atoms with Gasteiger partial charge in [-0.3, -0.25) is 9.48 Å². The fourth-order valence-corrected chi connectivity index (χ4v) is 2.69. The highest BCUT2D eigenvalue weighted by Crippen LogP contribution is 2.12. The lowest BCUT2D eigenvalue weighted by Crippen LogP contribution is -2.33. The lowest BCUT2D eigenvalue weighted by Gasteiger charge is -2.22. The van der Waals surface area contributed by atoms with Crippen molar-refractivity contribution in [2.24, 2.45) is 0 Å². The topological polar surface area (TPSA) is 58.4 Å². The first kappa shape index (κ1) is 16.9. The molecule has 2 aromatic carbocycles. The van der Waals surface area contributed by atoms with Crippen LogP contribution in [-0.4, -0.2) is 38.8 Å². The maximum atomic E-state index is 12.8. The fraction of sp³-hybridized carbons (Fsp3) is 0.200. The van der Waals surface area contributed by atoms with E-state index in [-0.39, 0.29) is 12.5 Å². The molecule has 0 unspecified atom stereocenters. The van der Waals surface area contributed by atoms with Gasteiger partial charge in [-0.2, -0.15) is 5.10 Å². The van der Waals surface area contributed by atoms with Crippen LogP contribution in [0, 0.1) is 0 Å². The van der Waals surface area contributed by atoms with E-state index >= 15 is 0 Å². The summed E-state index contributed by atoms with van der Waals surface area (Å²) in [4.78, 5) is 14.4. The van der Waals surface area contributed by atoms with Gasteiger partial charge in [0, 0.05) is 31.0 Å². The molecule has 0 atom stereocenters. The largest absolute Gasteiger partial charge is 0.395 e. The van der Waals surface area contributed by atoms with Crippen LogP contribution in [0.2, 0.25) is 0 Å². The van der Waals surface area contributed by atoms with Crippen molar-refractivity contribution in [3.05, 3.63) is 89.7 Å². The Kier molecular flexibility index (Phi) is 5.59. The highest BCUT2D eigenvalue weighted by atomic mass is 16.3. The minimum atomic E-state index is -0.0801. The Labute approximate surface area is 147 Å². The Bertz CT molecular complexity index is 784. The van der Waals surface area contributed by atoms with Gasteiger partial charge in [-0.05, 0) is 29.3 Å². The normalized spacial score (nSPS) is 10.6. The Balaban J connectivity index is 1.70. The standard InChI is InChI=1S/C20H21N3O2/c24-14-13-22(15-17-5-2-1-3-6-17)20(25)19-9-7-18(8-10-19)16-23-12-4-11-21-23/h1-12,24H,13-16H2. The number of rotatable bonds is 7. The maximum Gasteiger partial charge on any atom is 0.254 e.